The van der Waals surface area contributed by atoms with E-state index >= 15 is 0 Å². The van der Waals surface area contributed by atoms with Crippen LogP contribution in [0.2, 0.25) is 0 Å². The van der Waals surface area contributed by atoms with Crippen LogP contribution in [-0.4, -0.2) is 50.0 Å². The number of aliphatic hydroxyl groups is 1. The average molecular weight is 297 g/mol. The summed E-state index contributed by atoms with van der Waals surface area (Å²) in [5, 5.41) is 10.3. The number of ether oxygens (including phenoxy) is 2. The first kappa shape index (κ1) is 16.2. The van der Waals surface area contributed by atoms with Gasteiger partial charge >= 0.3 is 0 Å². The fourth-order valence-electron chi connectivity index (χ4n) is 2.88. The van der Waals surface area contributed by atoms with E-state index in [1.807, 2.05) is 0 Å². The first-order valence-electron chi connectivity index (χ1n) is 7.41. The summed E-state index contributed by atoms with van der Waals surface area (Å²) in [6.07, 6.45) is 2.06. The molecule has 118 valence electrons. The molecule has 0 aromatic heterocycles. The monoisotopic (exact) mass is 297 g/mol. The second-order valence-electron chi connectivity index (χ2n) is 5.46. The van der Waals surface area contributed by atoms with Crippen molar-refractivity contribution in [2.75, 3.05) is 33.9 Å². The lowest BCUT2D eigenvalue weighted by Gasteiger charge is -2.32. The predicted octanol–water partition coefficient (Wildman–Crippen LogP) is 2.37. The molecule has 0 saturated carbocycles. The molecule has 4 nitrogen and oxygen atoms in total. The van der Waals surface area contributed by atoms with E-state index in [0.29, 0.717) is 12.2 Å². The molecule has 0 spiro atoms. The van der Waals surface area contributed by atoms with Crippen molar-refractivity contribution in [2.24, 2.45) is 0 Å². The van der Waals surface area contributed by atoms with E-state index in [4.69, 9.17) is 9.47 Å². The van der Waals surface area contributed by atoms with Crippen molar-refractivity contribution in [1.82, 2.24) is 4.90 Å². The third kappa shape index (κ3) is 4.15. The van der Waals surface area contributed by atoms with E-state index in [2.05, 4.69) is 4.90 Å². The van der Waals surface area contributed by atoms with Crippen molar-refractivity contribution >= 4 is 0 Å². The van der Waals surface area contributed by atoms with Gasteiger partial charge in [0.05, 0.1) is 24.9 Å². The molecule has 1 aromatic rings. The number of methoxy groups -OCH3 is 2. The normalized spacial score (nSPS) is 21.2. The van der Waals surface area contributed by atoms with Gasteiger partial charge in [-0.1, -0.05) is 6.07 Å². The van der Waals surface area contributed by atoms with Crippen molar-refractivity contribution < 1.29 is 19.0 Å². The van der Waals surface area contributed by atoms with Gasteiger partial charge in [0.25, 0.3) is 0 Å². The van der Waals surface area contributed by atoms with Crippen LogP contribution in [0, 0.1) is 5.82 Å². The largest absolute Gasteiger partial charge is 0.496 e. The predicted molar refractivity (Wildman–Crippen MR) is 79.0 cm³/mol. The molecule has 2 rings (SSSR count). The lowest BCUT2D eigenvalue weighted by atomic mass is 10.0. The molecule has 1 aliphatic heterocycles. The SMILES string of the molecule is COc1cccc(F)c1C(O)CCN1CCCC(OC)C1. The summed E-state index contributed by atoms with van der Waals surface area (Å²) >= 11 is 0. The van der Waals surface area contributed by atoms with Gasteiger partial charge in [0.2, 0.25) is 0 Å². The molecule has 0 radical (unpaired) electrons. The smallest absolute Gasteiger partial charge is 0.132 e. The van der Waals surface area contributed by atoms with E-state index in [1.165, 1.54) is 13.2 Å². The van der Waals surface area contributed by atoms with Gasteiger partial charge in [-0.05, 0) is 37.9 Å². The lowest BCUT2D eigenvalue weighted by Crippen LogP contribution is -2.40. The van der Waals surface area contributed by atoms with Crippen LogP contribution in [0.25, 0.3) is 0 Å². The van der Waals surface area contributed by atoms with Gasteiger partial charge in [0.15, 0.2) is 0 Å². The molecule has 1 aliphatic rings. The van der Waals surface area contributed by atoms with Crippen LogP contribution in [0.15, 0.2) is 18.2 Å². The molecule has 0 bridgehead atoms. The van der Waals surface area contributed by atoms with Gasteiger partial charge in [0, 0.05) is 20.2 Å². The molecule has 1 fully saturated rings. The summed E-state index contributed by atoms with van der Waals surface area (Å²) in [5.74, 6) is -0.0221. The van der Waals surface area contributed by atoms with Crippen LogP contribution >= 0.6 is 0 Å². The maximum Gasteiger partial charge on any atom is 0.132 e. The van der Waals surface area contributed by atoms with Crippen molar-refractivity contribution in [3.63, 3.8) is 0 Å². The highest BCUT2D eigenvalue weighted by molar-refractivity contribution is 5.36. The van der Waals surface area contributed by atoms with Crippen molar-refractivity contribution in [1.29, 1.82) is 0 Å². The molecule has 1 aromatic carbocycles. The minimum atomic E-state index is -0.857. The van der Waals surface area contributed by atoms with Gasteiger partial charge in [-0.25, -0.2) is 4.39 Å². The lowest BCUT2D eigenvalue weighted by molar-refractivity contribution is 0.0252. The van der Waals surface area contributed by atoms with Crippen LogP contribution < -0.4 is 4.74 Å². The van der Waals surface area contributed by atoms with E-state index in [0.717, 1.165) is 32.5 Å². The van der Waals surface area contributed by atoms with Gasteiger partial charge in [0.1, 0.15) is 11.6 Å². The number of piperidine rings is 1. The summed E-state index contributed by atoms with van der Waals surface area (Å²) in [5.41, 5.74) is 0.250. The molecule has 0 amide bonds. The van der Waals surface area contributed by atoms with E-state index < -0.39 is 11.9 Å². The Labute approximate surface area is 125 Å². The number of hydrogen-bond acceptors (Lipinski definition) is 4. The summed E-state index contributed by atoms with van der Waals surface area (Å²) in [6, 6.07) is 4.60. The Morgan fingerprint density at radius 1 is 1.43 bits per heavy atom. The van der Waals surface area contributed by atoms with Gasteiger partial charge < -0.3 is 19.5 Å². The van der Waals surface area contributed by atoms with Gasteiger partial charge in [-0.2, -0.15) is 0 Å². The Kier molecular flexibility index (Phi) is 5.96. The highest BCUT2D eigenvalue weighted by Crippen LogP contribution is 2.30. The number of rotatable bonds is 6. The Hall–Kier alpha value is -1.17. The van der Waals surface area contributed by atoms with Crippen LogP contribution in [-0.2, 0) is 4.74 Å². The zero-order chi connectivity index (χ0) is 15.2. The maximum absolute atomic E-state index is 13.9. The summed E-state index contributed by atoms with van der Waals surface area (Å²) in [7, 11) is 3.21. The van der Waals surface area contributed by atoms with Crippen LogP contribution in [0.5, 0.6) is 5.75 Å². The fourth-order valence-corrected chi connectivity index (χ4v) is 2.88. The molecule has 2 unspecified atom stereocenters. The second-order valence-corrected chi connectivity index (χ2v) is 5.46. The summed E-state index contributed by atoms with van der Waals surface area (Å²) in [6.45, 7) is 2.59. The standard InChI is InChI=1S/C16H24FNO3/c1-20-12-5-4-9-18(11-12)10-8-14(19)16-13(17)6-3-7-15(16)21-2/h3,6-7,12,14,19H,4-5,8-11H2,1-2H3. The van der Waals surface area contributed by atoms with Gasteiger partial charge in [-0.15, -0.1) is 0 Å². The van der Waals surface area contributed by atoms with Crippen LogP contribution in [0.3, 0.4) is 0 Å². The molecule has 1 heterocycles. The minimum Gasteiger partial charge on any atom is -0.496 e. The number of nitrogens with zero attached hydrogens (tertiary/aromatic N) is 1. The fraction of sp³-hybridized carbons (Fsp3) is 0.625. The van der Waals surface area contributed by atoms with Crippen LogP contribution in [0.4, 0.5) is 4.39 Å². The molecular formula is C16H24FNO3. The zero-order valence-corrected chi connectivity index (χ0v) is 12.7. The third-order valence-corrected chi connectivity index (χ3v) is 4.08. The molecule has 1 N–H and O–H groups in total. The molecular weight excluding hydrogens is 273 g/mol. The quantitative estimate of drug-likeness (QED) is 0.875. The molecule has 2 atom stereocenters. The highest BCUT2D eigenvalue weighted by Gasteiger charge is 2.22. The van der Waals surface area contributed by atoms with E-state index in [1.54, 1.807) is 19.2 Å². The van der Waals surface area contributed by atoms with E-state index in [9.17, 15) is 9.50 Å². The molecule has 1 saturated heterocycles. The Morgan fingerprint density at radius 2 is 2.24 bits per heavy atom. The van der Waals surface area contributed by atoms with Crippen molar-refractivity contribution in [3.05, 3.63) is 29.6 Å². The zero-order valence-electron chi connectivity index (χ0n) is 12.7. The first-order chi connectivity index (χ1) is 10.2. The van der Waals surface area contributed by atoms with Crippen molar-refractivity contribution in [2.45, 2.75) is 31.5 Å². The molecule has 5 heteroatoms. The Balaban J connectivity index is 1.94. The molecule has 21 heavy (non-hydrogen) atoms. The number of benzene rings is 1. The minimum absolute atomic E-state index is 0.250. The Bertz CT molecular complexity index is 455. The van der Waals surface area contributed by atoms with Gasteiger partial charge in [-0.3, -0.25) is 0 Å². The van der Waals surface area contributed by atoms with Crippen LogP contribution in [0.1, 0.15) is 30.9 Å². The number of halogens is 1. The number of likely N-dealkylation sites (tertiary alicyclic amines) is 1. The Morgan fingerprint density at radius 3 is 2.95 bits per heavy atom. The first-order valence-corrected chi connectivity index (χ1v) is 7.41. The topological polar surface area (TPSA) is 41.9 Å². The highest BCUT2D eigenvalue weighted by atomic mass is 19.1. The maximum atomic E-state index is 13.9. The number of aliphatic hydroxyl groups excluding tert-OH is 1. The number of hydrogen-bond donors (Lipinski definition) is 1. The second kappa shape index (κ2) is 7.73. The van der Waals surface area contributed by atoms with Crippen molar-refractivity contribution in [3.8, 4) is 5.75 Å². The average Bonchev–Trinajstić information content (AvgIpc) is 2.52. The van der Waals surface area contributed by atoms with E-state index in [-0.39, 0.29) is 11.7 Å². The summed E-state index contributed by atoms with van der Waals surface area (Å²) in [4.78, 5) is 2.26. The molecule has 0 aliphatic carbocycles. The third-order valence-electron chi connectivity index (χ3n) is 4.08. The summed E-state index contributed by atoms with van der Waals surface area (Å²) < 4.78 is 24.4.